The molecule has 1 atom stereocenters. The van der Waals surface area contributed by atoms with Gasteiger partial charge in [-0.05, 0) is 57.5 Å². The van der Waals surface area contributed by atoms with Gasteiger partial charge in [0.25, 0.3) is 0 Å². The molecule has 2 aliphatic heterocycles. The summed E-state index contributed by atoms with van der Waals surface area (Å²) in [5, 5.41) is 0. The SMILES string of the molecule is CN(C)C1(c2ccc(N3C[C@@]4(C(N)=O)CCCN4C3=O)cc2)CC1. The molecule has 6 heteroatoms. The average Bonchev–Trinajstić information content (AvgIpc) is 3.18. The molecule has 0 spiro atoms. The van der Waals surface area contributed by atoms with Crippen LogP contribution in [-0.4, -0.2) is 54.5 Å². The Morgan fingerprint density at radius 2 is 1.83 bits per heavy atom. The van der Waals surface area contributed by atoms with Crippen molar-refractivity contribution in [1.82, 2.24) is 9.80 Å². The molecule has 4 rings (SSSR count). The number of carbonyl (C=O) groups is 2. The summed E-state index contributed by atoms with van der Waals surface area (Å²) >= 11 is 0. The lowest BCUT2D eigenvalue weighted by Gasteiger charge is -2.26. The number of rotatable bonds is 4. The quantitative estimate of drug-likeness (QED) is 0.910. The van der Waals surface area contributed by atoms with Gasteiger partial charge in [0.2, 0.25) is 5.91 Å². The normalized spacial score (nSPS) is 27.7. The van der Waals surface area contributed by atoms with Gasteiger partial charge in [-0.2, -0.15) is 0 Å². The van der Waals surface area contributed by atoms with Crippen molar-refractivity contribution in [1.29, 1.82) is 0 Å². The minimum atomic E-state index is -0.822. The van der Waals surface area contributed by atoms with E-state index in [1.165, 1.54) is 18.4 Å². The number of fused-ring (bicyclic) bond motifs is 1. The first kappa shape index (κ1) is 15.4. The molecule has 0 unspecified atom stereocenters. The maximum Gasteiger partial charge on any atom is 0.325 e. The molecule has 3 aliphatic rings. The van der Waals surface area contributed by atoms with Crippen molar-refractivity contribution in [3.8, 4) is 0 Å². The summed E-state index contributed by atoms with van der Waals surface area (Å²) in [7, 11) is 4.21. The van der Waals surface area contributed by atoms with E-state index >= 15 is 0 Å². The fourth-order valence-electron chi connectivity index (χ4n) is 4.40. The van der Waals surface area contributed by atoms with Crippen LogP contribution in [0.1, 0.15) is 31.2 Å². The molecular formula is C18H24N4O2. The molecule has 2 heterocycles. The second-order valence-corrected chi connectivity index (χ2v) is 7.49. The van der Waals surface area contributed by atoms with Crippen molar-refractivity contribution in [3.63, 3.8) is 0 Å². The number of nitrogens with two attached hydrogens (primary N) is 1. The largest absolute Gasteiger partial charge is 0.368 e. The van der Waals surface area contributed by atoms with Gasteiger partial charge < -0.3 is 10.6 Å². The number of urea groups is 1. The zero-order valence-corrected chi connectivity index (χ0v) is 14.3. The molecule has 2 N–H and O–H groups in total. The number of amides is 3. The number of carbonyl (C=O) groups excluding carboxylic acids is 2. The lowest BCUT2D eigenvalue weighted by molar-refractivity contribution is -0.125. The molecule has 1 saturated carbocycles. The Morgan fingerprint density at radius 1 is 1.17 bits per heavy atom. The number of hydrogen-bond acceptors (Lipinski definition) is 3. The first-order valence-electron chi connectivity index (χ1n) is 8.58. The Bertz CT molecular complexity index is 695. The van der Waals surface area contributed by atoms with Crippen LogP contribution in [-0.2, 0) is 10.3 Å². The molecule has 0 radical (unpaired) electrons. The van der Waals surface area contributed by atoms with Gasteiger partial charge in [0, 0.05) is 17.8 Å². The molecule has 24 heavy (non-hydrogen) atoms. The van der Waals surface area contributed by atoms with Crippen molar-refractivity contribution < 1.29 is 9.59 Å². The maximum absolute atomic E-state index is 12.7. The van der Waals surface area contributed by atoms with Gasteiger partial charge >= 0.3 is 6.03 Å². The van der Waals surface area contributed by atoms with Crippen LogP contribution in [0.25, 0.3) is 0 Å². The van der Waals surface area contributed by atoms with Crippen molar-refractivity contribution in [2.45, 2.75) is 36.8 Å². The number of hydrogen-bond donors (Lipinski definition) is 1. The number of primary amides is 1. The highest BCUT2D eigenvalue weighted by molar-refractivity contribution is 6.02. The second-order valence-electron chi connectivity index (χ2n) is 7.49. The van der Waals surface area contributed by atoms with Crippen molar-refractivity contribution in [2.75, 3.05) is 32.1 Å². The lowest BCUT2D eigenvalue weighted by atomic mass is 9.96. The third-order valence-corrected chi connectivity index (χ3v) is 6.12. The summed E-state index contributed by atoms with van der Waals surface area (Å²) in [5.41, 5.74) is 7.09. The third-order valence-electron chi connectivity index (χ3n) is 6.12. The Labute approximate surface area is 142 Å². The third kappa shape index (κ3) is 1.92. The summed E-state index contributed by atoms with van der Waals surface area (Å²) in [4.78, 5) is 30.3. The summed E-state index contributed by atoms with van der Waals surface area (Å²) in [6.45, 7) is 0.972. The lowest BCUT2D eigenvalue weighted by Crippen LogP contribution is -2.52. The van der Waals surface area contributed by atoms with Gasteiger partial charge in [-0.1, -0.05) is 12.1 Å². The van der Waals surface area contributed by atoms with E-state index < -0.39 is 11.4 Å². The second kappa shape index (κ2) is 4.96. The highest BCUT2D eigenvalue weighted by atomic mass is 16.2. The maximum atomic E-state index is 12.7. The fraction of sp³-hybridized carbons (Fsp3) is 0.556. The summed E-state index contributed by atoms with van der Waals surface area (Å²) < 4.78 is 0. The predicted molar refractivity (Wildman–Crippen MR) is 91.6 cm³/mol. The van der Waals surface area contributed by atoms with Gasteiger partial charge in [-0.25, -0.2) is 4.79 Å². The number of anilines is 1. The summed E-state index contributed by atoms with van der Waals surface area (Å²) in [5.74, 6) is -0.392. The van der Waals surface area contributed by atoms with Crippen LogP contribution < -0.4 is 10.6 Å². The Morgan fingerprint density at radius 3 is 2.33 bits per heavy atom. The number of nitrogens with zero attached hydrogens (tertiary/aromatic N) is 3. The van der Waals surface area contributed by atoms with Crippen molar-refractivity contribution >= 4 is 17.6 Å². The Hall–Kier alpha value is -2.08. The summed E-state index contributed by atoms with van der Waals surface area (Å²) in [6.07, 6.45) is 3.83. The van der Waals surface area contributed by atoms with Gasteiger partial charge in [0.1, 0.15) is 5.54 Å². The van der Waals surface area contributed by atoms with Crippen LogP contribution >= 0.6 is 0 Å². The van der Waals surface area contributed by atoms with Crippen LogP contribution in [0.3, 0.4) is 0 Å². The molecule has 3 fully saturated rings. The predicted octanol–water partition coefficient (Wildman–Crippen LogP) is 1.50. The minimum Gasteiger partial charge on any atom is -0.368 e. The van der Waals surface area contributed by atoms with E-state index in [1.54, 1.807) is 9.80 Å². The molecule has 0 aromatic heterocycles. The van der Waals surface area contributed by atoms with E-state index in [4.69, 9.17) is 5.73 Å². The Balaban J connectivity index is 1.61. The Kier molecular flexibility index (Phi) is 3.19. The van der Waals surface area contributed by atoms with Crippen LogP contribution in [0.15, 0.2) is 24.3 Å². The molecule has 1 aromatic rings. The van der Waals surface area contributed by atoms with Crippen LogP contribution in [0.5, 0.6) is 0 Å². The molecular weight excluding hydrogens is 304 g/mol. The van der Waals surface area contributed by atoms with Gasteiger partial charge in [0.05, 0.1) is 6.54 Å². The highest BCUT2D eigenvalue weighted by Gasteiger charge is 2.56. The molecule has 1 aromatic carbocycles. The van der Waals surface area contributed by atoms with E-state index in [2.05, 4.69) is 31.1 Å². The minimum absolute atomic E-state index is 0.104. The molecule has 1 aliphatic carbocycles. The van der Waals surface area contributed by atoms with Crippen LogP contribution in [0.4, 0.5) is 10.5 Å². The van der Waals surface area contributed by atoms with Crippen LogP contribution in [0.2, 0.25) is 0 Å². The zero-order valence-electron chi connectivity index (χ0n) is 14.3. The monoisotopic (exact) mass is 328 g/mol. The smallest absolute Gasteiger partial charge is 0.325 e. The number of benzene rings is 1. The van der Waals surface area contributed by atoms with E-state index in [9.17, 15) is 9.59 Å². The highest BCUT2D eigenvalue weighted by Crippen LogP contribution is 2.50. The van der Waals surface area contributed by atoms with Crippen molar-refractivity contribution in [2.24, 2.45) is 5.73 Å². The van der Waals surface area contributed by atoms with E-state index in [-0.39, 0.29) is 11.6 Å². The molecule has 2 saturated heterocycles. The first-order valence-corrected chi connectivity index (χ1v) is 8.58. The fourth-order valence-corrected chi connectivity index (χ4v) is 4.40. The average molecular weight is 328 g/mol. The van der Waals surface area contributed by atoms with Crippen molar-refractivity contribution in [3.05, 3.63) is 29.8 Å². The van der Waals surface area contributed by atoms with E-state index in [0.29, 0.717) is 19.5 Å². The van der Waals surface area contributed by atoms with Crippen LogP contribution in [0, 0.1) is 0 Å². The van der Waals surface area contributed by atoms with Gasteiger partial charge in [0.15, 0.2) is 0 Å². The van der Waals surface area contributed by atoms with Gasteiger partial charge in [-0.15, -0.1) is 0 Å². The van der Waals surface area contributed by atoms with Gasteiger partial charge in [-0.3, -0.25) is 14.6 Å². The molecule has 0 bridgehead atoms. The zero-order chi connectivity index (χ0) is 17.1. The molecule has 128 valence electrons. The molecule has 6 nitrogen and oxygen atoms in total. The standard InChI is InChI=1S/C18H24N4O2/c1-20(2)17(9-10-17)13-4-6-14(7-5-13)21-12-18(15(19)23)8-3-11-22(18)16(21)24/h4-7H,3,8-12H2,1-2H3,(H2,19,23)/t18-/m1/s1. The first-order chi connectivity index (χ1) is 11.4. The molecule has 3 amide bonds. The van der Waals surface area contributed by atoms with E-state index in [1.807, 2.05) is 12.1 Å². The topological polar surface area (TPSA) is 69.9 Å². The van der Waals surface area contributed by atoms with E-state index in [0.717, 1.165) is 12.1 Å². The summed E-state index contributed by atoms with van der Waals surface area (Å²) in [6, 6.07) is 8.10.